The Morgan fingerprint density at radius 3 is 2.62 bits per heavy atom. The normalized spacial score (nSPS) is 11.5. The number of carbonyl (C=O) groups excluding carboxylic acids is 2. The summed E-state index contributed by atoms with van der Waals surface area (Å²) >= 11 is 0. The summed E-state index contributed by atoms with van der Waals surface area (Å²) in [6.45, 7) is 7.17. The zero-order valence-corrected chi connectivity index (χ0v) is 12.4. The van der Waals surface area contributed by atoms with Gasteiger partial charge in [0.2, 0.25) is 0 Å². The molecule has 0 radical (unpaired) electrons. The minimum atomic E-state index is -0.697. The first-order valence-electron chi connectivity index (χ1n) is 6.78. The molecule has 1 atom stereocenters. The molecule has 1 N–H and O–H groups in total. The van der Waals surface area contributed by atoms with Gasteiger partial charge in [-0.25, -0.2) is 4.79 Å². The van der Waals surface area contributed by atoms with Gasteiger partial charge in [-0.1, -0.05) is 23.8 Å². The van der Waals surface area contributed by atoms with E-state index in [-0.39, 0.29) is 12.5 Å². The Labute approximate surface area is 124 Å². The highest BCUT2D eigenvalue weighted by Gasteiger charge is 2.16. The molecule has 1 rings (SSSR count). The van der Waals surface area contributed by atoms with Crippen molar-refractivity contribution in [1.29, 1.82) is 0 Å². The number of ether oxygens (including phenoxy) is 2. The number of carbonyl (C=O) groups is 2. The largest absolute Gasteiger partial charge is 0.454 e. The van der Waals surface area contributed by atoms with Gasteiger partial charge in [-0.2, -0.15) is 0 Å². The number of nitrogens with one attached hydrogen (secondary N) is 1. The maximum atomic E-state index is 11.6. The van der Waals surface area contributed by atoms with Gasteiger partial charge < -0.3 is 14.8 Å². The average molecular weight is 291 g/mol. The van der Waals surface area contributed by atoms with Crippen molar-refractivity contribution in [2.24, 2.45) is 0 Å². The molecule has 5 heteroatoms. The Balaban J connectivity index is 2.30. The number of benzene rings is 1. The first-order valence-corrected chi connectivity index (χ1v) is 6.78. The van der Waals surface area contributed by atoms with Gasteiger partial charge in [0.1, 0.15) is 0 Å². The molecule has 0 aliphatic rings. The van der Waals surface area contributed by atoms with E-state index in [1.807, 2.05) is 19.1 Å². The van der Waals surface area contributed by atoms with Crippen LogP contribution in [-0.2, 0) is 19.1 Å². The van der Waals surface area contributed by atoms with E-state index in [2.05, 4.69) is 11.9 Å². The molecule has 0 aromatic heterocycles. The van der Waals surface area contributed by atoms with E-state index < -0.39 is 12.1 Å². The second-order valence-electron chi connectivity index (χ2n) is 4.61. The van der Waals surface area contributed by atoms with Gasteiger partial charge in [-0.3, -0.25) is 4.79 Å². The predicted molar refractivity (Wildman–Crippen MR) is 81.0 cm³/mol. The molecule has 0 aliphatic heterocycles. The molecule has 21 heavy (non-hydrogen) atoms. The molecule has 5 nitrogen and oxygen atoms in total. The van der Waals surface area contributed by atoms with Crippen molar-refractivity contribution in [3.63, 3.8) is 0 Å². The summed E-state index contributed by atoms with van der Waals surface area (Å²) < 4.78 is 10.1. The van der Waals surface area contributed by atoms with Gasteiger partial charge >= 0.3 is 5.97 Å². The lowest BCUT2D eigenvalue weighted by Crippen LogP contribution is -2.28. The van der Waals surface area contributed by atoms with Crippen LogP contribution in [0.1, 0.15) is 18.9 Å². The fraction of sp³-hybridized carbons (Fsp3) is 0.375. The van der Waals surface area contributed by atoms with E-state index in [0.717, 1.165) is 5.56 Å². The summed E-state index contributed by atoms with van der Waals surface area (Å²) in [7, 11) is 0. The van der Waals surface area contributed by atoms with Crippen molar-refractivity contribution in [2.45, 2.75) is 26.4 Å². The molecule has 1 unspecified atom stereocenters. The second kappa shape index (κ2) is 8.92. The molecule has 0 fully saturated rings. The molecular weight excluding hydrogens is 270 g/mol. The molecule has 0 heterocycles. The van der Waals surface area contributed by atoms with Crippen LogP contribution in [0.15, 0.2) is 36.9 Å². The second-order valence-corrected chi connectivity index (χ2v) is 4.61. The highest BCUT2D eigenvalue weighted by atomic mass is 16.6. The molecular formula is C16H21NO4. The van der Waals surface area contributed by atoms with Crippen LogP contribution in [0.4, 0.5) is 5.69 Å². The maximum absolute atomic E-state index is 11.6. The molecule has 0 saturated carbocycles. The minimum Gasteiger partial charge on any atom is -0.454 e. The van der Waals surface area contributed by atoms with Crippen LogP contribution < -0.4 is 5.32 Å². The van der Waals surface area contributed by atoms with E-state index in [4.69, 9.17) is 9.47 Å². The molecule has 0 bridgehead atoms. The van der Waals surface area contributed by atoms with Gasteiger partial charge in [0.25, 0.3) is 5.91 Å². The number of anilines is 1. The highest BCUT2D eigenvalue weighted by Crippen LogP contribution is 2.08. The van der Waals surface area contributed by atoms with Gasteiger partial charge in [0.05, 0.1) is 6.61 Å². The standard InChI is InChI=1S/C16H21NO4/c1-4-5-10-20-13(3)16(19)21-11-15(18)17-14-8-6-12(2)7-9-14/h4,6-9,13H,1,5,10-11H2,2-3H3,(H,17,18). The number of hydrogen-bond acceptors (Lipinski definition) is 4. The van der Waals surface area contributed by atoms with Crippen molar-refractivity contribution in [2.75, 3.05) is 18.5 Å². The summed E-state index contributed by atoms with van der Waals surface area (Å²) in [5.41, 5.74) is 1.77. The summed E-state index contributed by atoms with van der Waals surface area (Å²) in [4.78, 5) is 23.2. The fourth-order valence-electron chi connectivity index (χ4n) is 1.48. The zero-order valence-electron chi connectivity index (χ0n) is 12.4. The van der Waals surface area contributed by atoms with Crippen LogP contribution in [0.5, 0.6) is 0 Å². The number of aryl methyl sites for hydroxylation is 1. The summed E-state index contributed by atoms with van der Waals surface area (Å²) in [5, 5.41) is 2.65. The number of amides is 1. The number of hydrogen-bond donors (Lipinski definition) is 1. The van der Waals surface area contributed by atoms with Crippen molar-refractivity contribution < 1.29 is 19.1 Å². The monoisotopic (exact) mass is 291 g/mol. The van der Waals surface area contributed by atoms with Crippen molar-refractivity contribution in [1.82, 2.24) is 0 Å². The Hall–Kier alpha value is -2.14. The topological polar surface area (TPSA) is 64.6 Å². The summed E-state index contributed by atoms with van der Waals surface area (Å²) in [5.74, 6) is -0.941. The zero-order chi connectivity index (χ0) is 15.7. The molecule has 1 aromatic rings. The van der Waals surface area contributed by atoms with Crippen LogP contribution in [0, 0.1) is 6.92 Å². The van der Waals surface area contributed by atoms with E-state index in [1.165, 1.54) is 0 Å². The quantitative estimate of drug-likeness (QED) is 0.454. The Morgan fingerprint density at radius 1 is 1.33 bits per heavy atom. The molecule has 1 amide bonds. The highest BCUT2D eigenvalue weighted by molar-refractivity contribution is 5.93. The predicted octanol–water partition coefficient (Wildman–Crippen LogP) is 2.46. The lowest BCUT2D eigenvalue weighted by Gasteiger charge is -2.12. The molecule has 0 aliphatic carbocycles. The summed E-state index contributed by atoms with van der Waals surface area (Å²) in [6, 6.07) is 7.35. The van der Waals surface area contributed by atoms with E-state index in [0.29, 0.717) is 18.7 Å². The third-order valence-electron chi connectivity index (χ3n) is 2.70. The number of esters is 1. The van der Waals surface area contributed by atoms with E-state index in [9.17, 15) is 9.59 Å². The number of rotatable bonds is 8. The SMILES string of the molecule is C=CCCOC(C)C(=O)OCC(=O)Nc1ccc(C)cc1. The van der Waals surface area contributed by atoms with Gasteiger partial charge in [-0.15, -0.1) is 6.58 Å². The van der Waals surface area contributed by atoms with E-state index in [1.54, 1.807) is 25.1 Å². The minimum absolute atomic E-state index is 0.331. The van der Waals surface area contributed by atoms with Gasteiger partial charge in [-0.05, 0) is 32.4 Å². The fourth-order valence-corrected chi connectivity index (χ4v) is 1.48. The van der Waals surface area contributed by atoms with Crippen molar-refractivity contribution >= 4 is 17.6 Å². The Morgan fingerprint density at radius 2 is 2.00 bits per heavy atom. The lowest BCUT2D eigenvalue weighted by molar-refractivity contribution is -0.158. The van der Waals surface area contributed by atoms with Crippen LogP contribution in [0.2, 0.25) is 0 Å². The van der Waals surface area contributed by atoms with Gasteiger partial charge in [0.15, 0.2) is 12.7 Å². The van der Waals surface area contributed by atoms with Gasteiger partial charge in [0, 0.05) is 5.69 Å². The maximum Gasteiger partial charge on any atom is 0.335 e. The van der Waals surface area contributed by atoms with Crippen molar-refractivity contribution in [3.8, 4) is 0 Å². The third-order valence-corrected chi connectivity index (χ3v) is 2.70. The lowest BCUT2D eigenvalue weighted by atomic mass is 10.2. The smallest absolute Gasteiger partial charge is 0.335 e. The van der Waals surface area contributed by atoms with Crippen LogP contribution in [0.3, 0.4) is 0 Å². The van der Waals surface area contributed by atoms with Crippen LogP contribution >= 0.6 is 0 Å². The Bertz CT molecular complexity index is 482. The van der Waals surface area contributed by atoms with Crippen LogP contribution in [-0.4, -0.2) is 31.2 Å². The first-order chi connectivity index (χ1) is 10.0. The Kier molecular flexibility index (Phi) is 7.18. The van der Waals surface area contributed by atoms with Crippen LogP contribution in [0.25, 0.3) is 0 Å². The first kappa shape index (κ1) is 16.9. The van der Waals surface area contributed by atoms with Crippen molar-refractivity contribution in [3.05, 3.63) is 42.5 Å². The molecule has 0 spiro atoms. The molecule has 1 aromatic carbocycles. The summed E-state index contributed by atoms with van der Waals surface area (Å²) in [6.07, 6.45) is 1.66. The average Bonchev–Trinajstić information content (AvgIpc) is 2.47. The molecule has 0 saturated heterocycles. The third kappa shape index (κ3) is 6.72. The molecule has 114 valence electrons. The van der Waals surface area contributed by atoms with E-state index >= 15 is 0 Å².